The van der Waals surface area contributed by atoms with Crippen LogP contribution in [0.15, 0.2) is 12.2 Å². The highest BCUT2D eigenvalue weighted by atomic mass is 14.2. The highest BCUT2D eigenvalue weighted by Gasteiger charge is 2.17. The standard InChI is InChI=1S/C14H28/c1-7-14(6,8-2)11-9-10-13(5)12(3)4/h9-10,12-13H,7-8,11H2,1-6H3. The van der Waals surface area contributed by atoms with Crippen molar-refractivity contribution >= 4 is 0 Å². The maximum atomic E-state index is 2.39. The number of hydrogen-bond donors (Lipinski definition) is 0. The van der Waals surface area contributed by atoms with E-state index < -0.39 is 0 Å². The Balaban J connectivity index is 4.03. The molecule has 1 atom stereocenters. The van der Waals surface area contributed by atoms with Gasteiger partial charge in [0.2, 0.25) is 0 Å². The predicted octanol–water partition coefficient (Wildman–Crippen LogP) is 5.05. The summed E-state index contributed by atoms with van der Waals surface area (Å²) in [7, 11) is 0. The summed E-state index contributed by atoms with van der Waals surface area (Å²) in [6.07, 6.45) is 8.57. The SMILES string of the molecule is CCC(C)(CC)CC=CC(C)C(C)C. The number of rotatable bonds is 6. The lowest BCUT2D eigenvalue weighted by atomic mass is 9.81. The molecule has 0 spiro atoms. The fourth-order valence-electron chi connectivity index (χ4n) is 1.33. The fourth-order valence-corrected chi connectivity index (χ4v) is 1.33. The Kier molecular flexibility index (Phi) is 6.15. The summed E-state index contributed by atoms with van der Waals surface area (Å²) in [5, 5.41) is 0. The summed E-state index contributed by atoms with van der Waals surface area (Å²) in [6.45, 7) is 13.8. The average molecular weight is 196 g/mol. The van der Waals surface area contributed by atoms with Crippen LogP contribution in [0.2, 0.25) is 0 Å². The molecule has 0 N–H and O–H groups in total. The molecular weight excluding hydrogens is 168 g/mol. The Labute approximate surface area is 90.8 Å². The summed E-state index contributed by atoms with van der Waals surface area (Å²) >= 11 is 0. The van der Waals surface area contributed by atoms with E-state index in [0.29, 0.717) is 11.3 Å². The Morgan fingerprint density at radius 2 is 1.57 bits per heavy atom. The largest absolute Gasteiger partial charge is 0.0877 e. The minimum Gasteiger partial charge on any atom is -0.0877 e. The van der Waals surface area contributed by atoms with Crippen molar-refractivity contribution in [1.29, 1.82) is 0 Å². The van der Waals surface area contributed by atoms with Gasteiger partial charge in [-0.3, -0.25) is 0 Å². The molecule has 0 heteroatoms. The maximum Gasteiger partial charge on any atom is -0.0239 e. The van der Waals surface area contributed by atoms with E-state index in [1.54, 1.807) is 0 Å². The monoisotopic (exact) mass is 196 g/mol. The molecule has 0 aliphatic carbocycles. The molecule has 0 saturated carbocycles. The third-order valence-electron chi connectivity index (χ3n) is 3.81. The van der Waals surface area contributed by atoms with Gasteiger partial charge < -0.3 is 0 Å². The van der Waals surface area contributed by atoms with Gasteiger partial charge in [0.05, 0.1) is 0 Å². The van der Waals surface area contributed by atoms with E-state index in [1.165, 1.54) is 19.3 Å². The summed E-state index contributed by atoms with van der Waals surface area (Å²) in [6, 6.07) is 0. The van der Waals surface area contributed by atoms with Crippen LogP contribution in [0.5, 0.6) is 0 Å². The van der Waals surface area contributed by atoms with Crippen LogP contribution in [0.1, 0.15) is 60.8 Å². The molecule has 0 aliphatic rings. The molecular formula is C14H28. The van der Waals surface area contributed by atoms with Crippen LogP contribution >= 0.6 is 0 Å². The van der Waals surface area contributed by atoms with Gasteiger partial charge in [-0.15, -0.1) is 0 Å². The molecule has 0 aliphatic heterocycles. The quantitative estimate of drug-likeness (QED) is 0.521. The van der Waals surface area contributed by atoms with Crippen molar-refractivity contribution in [3.8, 4) is 0 Å². The van der Waals surface area contributed by atoms with Crippen LogP contribution in [0.3, 0.4) is 0 Å². The lowest BCUT2D eigenvalue weighted by Crippen LogP contribution is -2.12. The molecule has 14 heavy (non-hydrogen) atoms. The highest BCUT2D eigenvalue weighted by Crippen LogP contribution is 2.30. The molecule has 0 aromatic rings. The third kappa shape index (κ3) is 4.83. The third-order valence-corrected chi connectivity index (χ3v) is 3.81. The minimum absolute atomic E-state index is 0.521. The van der Waals surface area contributed by atoms with Crippen molar-refractivity contribution < 1.29 is 0 Å². The van der Waals surface area contributed by atoms with Crippen molar-refractivity contribution in [3.63, 3.8) is 0 Å². The molecule has 84 valence electrons. The first-order chi connectivity index (χ1) is 6.45. The summed E-state index contributed by atoms with van der Waals surface area (Å²) in [4.78, 5) is 0. The molecule has 0 radical (unpaired) electrons. The maximum absolute atomic E-state index is 2.39. The predicted molar refractivity (Wildman–Crippen MR) is 66.4 cm³/mol. The van der Waals surface area contributed by atoms with Crippen molar-refractivity contribution in [2.75, 3.05) is 0 Å². The smallest absolute Gasteiger partial charge is 0.0239 e. The Morgan fingerprint density at radius 3 is 1.93 bits per heavy atom. The number of hydrogen-bond acceptors (Lipinski definition) is 0. The van der Waals surface area contributed by atoms with Gasteiger partial charge in [-0.05, 0) is 23.7 Å². The van der Waals surface area contributed by atoms with Gasteiger partial charge in [-0.25, -0.2) is 0 Å². The average Bonchev–Trinajstić information content (AvgIpc) is 2.17. The molecule has 0 bridgehead atoms. The van der Waals surface area contributed by atoms with Gasteiger partial charge >= 0.3 is 0 Å². The van der Waals surface area contributed by atoms with Gasteiger partial charge in [0, 0.05) is 0 Å². The molecule has 0 fully saturated rings. The van der Waals surface area contributed by atoms with Crippen LogP contribution in [0.4, 0.5) is 0 Å². The van der Waals surface area contributed by atoms with Gasteiger partial charge in [0.1, 0.15) is 0 Å². The highest BCUT2D eigenvalue weighted by molar-refractivity contribution is 4.91. The zero-order chi connectivity index (χ0) is 11.2. The van der Waals surface area contributed by atoms with E-state index in [1.807, 2.05) is 0 Å². The van der Waals surface area contributed by atoms with Crippen LogP contribution in [0, 0.1) is 17.3 Å². The van der Waals surface area contributed by atoms with Crippen LogP contribution < -0.4 is 0 Å². The van der Waals surface area contributed by atoms with Crippen molar-refractivity contribution in [2.45, 2.75) is 60.8 Å². The molecule has 0 heterocycles. The molecule has 0 nitrogen and oxygen atoms in total. The zero-order valence-corrected chi connectivity index (χ0v) is 10.9. The van der Waals surface area contributed by atoms with E-state index in [4.69, 9.17) is 0 Å². The zero-order valence-electron chi connectivity index (χ0n) is 10.9. The van der Waals surface area contributed by atoms with E-state index in [-0.39, 0.29) is 0 Å². The molecule has 0 rings (SSSR count). The normalized spacial score (nSPS) is 15.4. The second-order valence-corrected chi connectivity index (χ2v) is 5.25. The number of allylic oxidation sites excluding steroid dienone is 2. The van der Waals surface area contributed by atoms with Crippen LogP contribution in [-0.4, -0.2) is 0 Å². The molecule has 0 aromatic carbocycles. The lowest BCUT2D eigenvalue weighted by molar-refractivity contribution is 0.301. The first-order valence-corrected chi connectivity index (χ1v) is 6.12. The van der Waals surface area contributed by atoms with E-state index in [9.17, 15) is 0 Å². The van der Waals surface area contributed by atoms with Crippen molar-refractivity contribution in [2.24, 2.45) is 17.3 Å². The van der Waals surface area contributed by atoms with E-state index >= 15 is 0 Å². The van der Waals surface area contributed by atoms with Crippen molar-refractivity contribution in [1.82, 2.24) is 0 Å². The fraction of sp³-hybridized carbons (Fsp3) is 0.857. The Hall–Kier alpha value is -0.260. The van der Waals surface area contributed by atoms with E-state index in [2.05, 4.69) is 53.7 Å². The second kappa shape index (κ2) is 6.27. The van der Waals surface area contributed by atoms with Gasteiger partial charge in [-0.1, -0.05) is 66.5 Å². The Bertz CT molecular complexity index is 161. The van der Waals surface area contributed by atoms with E-state index in [0.717, 1.165) is 5.92 Å². The van der Waals surface area contributed by atoms with Crippen molar-refractivity contribution in [3.05, 3.63) is 12.2 Å². The molecule has 1 unspecified atom stereocenters. The first-order valence-electron chi connectivity index (χ1n) is 6.12. The van der Waals surface area contributed by atoms with Gasteiger partial charge in [0.25, 0.3) is 0 Å². The summed E-state index contributed by atoms with van der Waals surface area (Å²) < 4.78 is 0. The topological polar surface area (TPSA) is 0 Å². The molecule has 0 saturated heterocycles. The lowest BCUT2D eigenvalue weighted by Gasteiger charge is -2.25. The summed E-state index contributed by atoms with van der Waals surface area (Å²) in [5.41, 5.74) is 0.521. The second-order valence-electron chi connectivity index (χ2n) is 5.25. The Morgan fingerprint density at radius 1 is 1.07 bits per heavy atom. The van der Waals surface area contributed by atoms with Gasteiger partial charge in [0.15, 0.2) is 0 Å². The minimum atomic E-state index is 0.521. The van der Waals surface area contributed by atoms with Gasteiger partial charge in [-0.2, -0.15) is 0 Å². The first kappa shape index (κ1) is 13.7. The van der Waals surface area contributed by atoms with Crippen LogP contribution in [0.25, 0.3) is 0 Å². The summed E-state index contributed by atoms with van der Waals surface area (Å²) in [5.74, 6) is 1.48. The molecule has 0 aromatic heterocycles. The molecule has 0 amide bonds. The van der Waals surface area contributed by atoms with Crippen LogP contribution in [-0.2, 0) is 0 Å².